The summed E-state index contributed by atoms with van der Waals surface area (Å²) in [6.45, 7) is 17.2. The fourth-order valence-electron chi connectivity index (χ4n) is 7.95. The van der Waals surface area contributed by atoms with Gasteiger partial charge in [0.05, 0.1) is 37.7 Å². The molecule has 0 N–H and O–H groups in total. The number of esters is 1. The van der Waals surface area contributed by atoms with Crippen LogP contribution < -0.4 is 0 Å². The van der Waals surface area contributed by atoms with Gasteiger partial charge in [0.15, 0.2) is 11.6 Å². The number of aryl methyl sites for hydroxylation is 3. The minimum absolute atomic E-state index is 0.00530. The Labute approximate surface area is 390 Å². The Hall–Kier alpha value is -4.90. The van der Waals surface area contributed by atoms with Crippen molar-refractivity contribution in [2.75, 3.05) is 19.8 Å². The lowest BCUT2D eigenvalue weighted by Crippen LogP contribution is -2.25. The lowest BCUT2D eigenvalue weighted by molar-refractivity contribution is -0.155. The molecule has 6 heterocycles. The molecule has 0 unspecified atom stereocenters. The van der Waals surface area contributed by atoms with Gasteiger partial charge in [-0.25, -0.2) is 0 Å². The number of ketones is 1. The number of halogens is 2. The summed E-state index contributed by atoms with van der Waals surface area (Å²) >= 11 is 15.8. The number of nitrogens with zero attached hydrogens (tertiary/aromatic N) is 8. The molecular weight excluding hydrogens is 892 g/mol. The Morgan fingerprint density at radius 1 is 0.672 bits per heavy atom. The summed E-state index contributed by atoms with van der Waals surface area (Å²) in [6, 6.07) is 14.1. The molecule has 334 valence electrons. The number of carbonyl (C=O) groups is 2. The molecule has 0 saturated carbocycles. The maximum Gasteiger partial charge on any atom is 0.308 e. The topological polar surface area (TPSA) is 148 Å². The van der Waals surface area contributed by atoms with Crippen LogP contribution in [0.4, 0.5) is 0 Å². The molecule has 4 aromatic heterocycles. The molecule has 2 aliphatic rings. The summed E-state index contributed by atoms with van der Waals surface area (Å²) in [5, 5.41) is 21.1. The lowest BCUT2D eigenvalue weighted by Gasteiger charge is -2.21. The van der Waals surface area contributed by atoms with E-state index >= 15 is 0 Å². The first-order valence-electron chi connectivity index (χ1n) is 21.2. The Morgan fingerprint density at radius 2 is 1.19 bits per heavy atom. The summed E-state index contributed by atoms with van der Waals surface area (Å²) < 4.78 is 21.9. The predicted octanol–water partition coefficient (Wildman–Crippen LogP) is 10.3. The van der Waals surface area contributed by atoms with Crippen molar-refractivity contribution in [1.82, 2.24) is 29.5 Å². The zero-order valence-corrected chi connectivity index (χ0v) is 40.3. The van der Waals surface area contributed by atoms with Crippen LogP contribution in [-0.2, 0) is 30.4 Å². The van der Waals surface area contributed by atoms with Gasteiger partial charge in [-0.15, -0.1) is 43.1 Å². The number of hydrogen-bond donors (Lipinski definition) is 0. The van der Waals surface area contributed by atoms with Crippen molar-refractivity contribution in [3.05, 3.63) is 125 Å². The molecule has 64 heavy (non-hydrogen) atoms. The molecule has 0 saturated heterocycles. The molecule has 0 aliphatic carbocycles. The molecular formula is C47H50Cl2N8O5S2. The van der Waals surface area contributed by atoms with Gasteiger partial charge in [0, 0.05) is 61.5 Å². The lowest BCUT2D eigenvalue weighted by atomic mass is 9.99. The largest absolute Gasteiger partial charge is 0.460 e. The van der Waals surface area contributed by atoms with Crippen molar-refractivity contribution in [2.45, 2.75) is 105 Å². The number of aliphatic imine (C=N–C) groups is 2. The van der Waals surface area contributed by atoms with Gasteiger partial charge in [-0.1, -0.05) is 47.5 Å². The molecule has 6 aromatic rings. The zero-order valence-electron chi connectivity index (χ0n) is 37.1. The van der Waals surface area contributed by atoms with Crippen LogP contribution >= 0.6 is 45.9 Å². The third-order valence-electron chi connectivity index (χ3n) is 11.1. The molecule has 13 nitrogen and oxygen atoms in total. The molecule has 2 aliphatic heterocycles. The van der Waals surface area contributed by atoms with Crippen LogP contribution in [0.3, 0.4) is 0 Å². The van der Waals surface area contributed by atoms with Crippen LogP contribution in [0.15, 0.2) is 58.5 Å². The first-order valence-corrected chi connectivity index (χ1v) is 23.6. The van der Waals surface area contributed by atoms with E-state index in [9.17, 15) is 9.59 Å². The number of fused-ring (bicyclic) bond motifs is 6. The number of aromatic nitrogens is 6. The highest BCUT2D eigenvalue weighted by molar-refractivity contribution is 7.15. The fourth-order valence-corrected chi connectivity index (χ4v) is 10.7. The van der Waals surface area contributed by atoms with E-state index in [0.717, 1.165) is 65.5 Å². The average molecular weight is 942 g/mol. The number of benzene rings is 2. The smallest absolute Gasteiger partial charge is 0.308 e. The van der Waals surface area contributed by atoms with E-state index in [2.05, 4.69) is 45.7 Å². The molecule has 0 radical (unpaired) electrons. The van der Waals surface area contributed by atoms with Gasteiger partial charge in [-0.2, -0.15) is 0 Å². The van der Waals surface area contributed by atoms with Crippen LogP contribution in [0.5, 0.6) is 0 Å². The molecule has 17 heteroatoms. The molecule has 8 rings (SSSR count). The third-order valence-corrected chi connectivity index (χ3v) is 14.1. The SMILES string of the molecule is Cc1sc2c(c1C)C(c1ccc(Cl)cc1)=N[C@@H](CC(=O)CCCOCCOCc1sc3c(c1C)C(c1ccc(Cl)cc1)=N[C@@H](CC(=O)OC(C)(C)C)c1nnc(C)n1-3)c1nnc(C)n1-2. The highest BCUT2D eigenvalue weighted by Gasteiger charge is 2.35. The normalized spacial score (nSPS) is 15.7. The summed E-state index contributed by atoms with van der Waals surface area (Å²) in [7, 11) is 0. The number of rotatable bonds is 15. The number of thiophene rings is 2. The Bertz CT molecular complexity index is 2780. The predicted molar refractivity (Wildman–Crippen MR) is 252 cm³/mol. The van der Waals surface area contributed by atoms with Gasteiger partial charge in [0.1, 0.15) is 45.1 Å². The van der Waals surface area contributed by atoms with Gasteiger partial charge in [0.25, 0.3) is 0 Å². The van der Waals surface area contributed by atoms with Crippen LogP contribution in [0.1, 0.15) is 125 Å². The van der Waals surface area contributed by atoms with E-state index in [1.165, 1.54) is 4.88 Å². The average Bonchev–Trinajstić information content (AvgIpc) is 3.94. The summed E-state index contributed by atoms with van der Waals surface area (Å²) in [4.78, 5) is 39.3. The number of ether oxygens (including phenoxy) is 3. The Balaban J connectivity index is 0.898. The van der Waals surface area contributed by atoms with Crippen LogP contribution in [0, 0.1) is 34.6 Å². The van der Waals surface area contributed by atoms with Crippen molar-refractivity contribution >= 4 is 69.1 Å². The second-order valence-corrected chi connectivity index (χ2v) is 20.1. The molecule has 2 aromatic carbocycles. The van der Waals surface area contributed by atoms with Crippen molar-refractivity contribution in [3.8, 4) is 10.0 Å². The van der Waals surface area contributed by atoms with Crippen molar-refractivity contribution in [2.24, 2.45) is 9.98 Å². The van der Waals surface area contributed by atoms with E-state index in [-0.39, 0.29) is 24.6 Å². The summed E-state index contributed by atoms with van der Waals surface area (Å²) in [5.41, 5.74) is 6.82. The van der Waals surface area contributed by atoms with Gasteiger partial charge >= 0.3 is 5.97 Å². The Morgan fingerprint density at radius 3 is 1.75 bits per heavy atom. The number of hydrogen-bond acceptors (Lipinski definition) is 13. The van der Waals surface area contributed by atoms with Crippen molar-refractivity contribution in [1.29, 1.82) is 0 Å². The van der Waals surface area contributed by atoms with E-state index in [1.807, 2.05) is 87.7 Å². The van der Waals surface area contributed by atoms with Gasteiger partial charge in [-0.05, 0) is 97.2 Å². The van der Waals surface area contributed by atoms with E-state index in [0.29, 0.717) is 66.8 Å². The standard InChI is InChI=1S/C47H50Cl2N8O5S2/c1-25-27(3)63-45-39(25)41(30-11-15-32(48)16-12-30)50-35(43-54-52-28(4)56(43)45)22-34(58)10-9-19-60-20-21-61-24-37-26(2)40-42(31-13-17-33(49)18-14-31)51-36(23-38(59)62-47(6,7)8)44-55-53-29(5)57(44)46(40)64-37/h11-18,35-36H,9-10,19-24H2,1-8H3/t35-,36-/m0/s1. The van der Waals surface area contributed by atoms with Crippen molar-refractivity contribution < 1.29 is 23.8 Å². The van der Waals surface area contributed by atoms with Gasteiger partial charge in [-0.3, -0.25) is 28.7 Å². The zero-order chi connectivity index (χ0) is 45.4. The molecule has 2 atom stereocenters. The monoisotopic (exact) mass is 940 g/mol. The highest BCUT2D eigenvalue weighted by atomic mass is 35.5. The minimum atomic E-state index is -0.643. The third kappa shape index (κ3) is 9.56. The Kier molecular flexibility index (Phi) is 13.5. The molecule has 0 fully saturated rings. The van der Waals surface area contributed by atoms with Gasteiger partial charge in [0.2, 0.25) is 0 Å². The van der Waals surface area contributed by atoms with Crippen molar-refractivity contribution in [3.63, 3.8) is 0 Å². The summed E-state index contributed by atoms with van der Waals surface area (Å²) in [6.07, 6.45) is 1.11. The molecule has 0 bridgehead atoms. The summed E-state index contributed by atoms with van der Waals surface area (Å²) in [5.74, 6) is 2.38. The molecule has 0 spiro atoms. The first kappa shape index (κ1) is 45.7. The second kappa shape index (κ2) is 18.9. The molecule has 0 amide bonds. The van der Waals surface area contributed by atoms with E-state index < -0.39 is 17.7 Å². The van der Waals surface area contributed by atoms with E-state index in [4.69, 9.17) is 47.4 Å². The van der Waals surface area contributed by atoms with Crippen LogP contribution in [-0.4, -0.2) is 78.1 Å². The fraction of sp³-hybridized carbons (Fsp3) is 0.404. The maximum absolute atomic E-state index is 13.5. The minimum Gasteiger partial charge on any atom is -0.460 e. The van der Waals surface area contributed by atoms with Crippen LogP contribution in [0.25, 0.3) is 10.0 Å². The number of carbonyl (C=O) groups excluding carboxylic acids is 2. The highest BCUT2D eigenvalue weighted by Crippen LogP contribution is 2.42. The first-order chi connectivity index (χ1) is 30.6. The quantitative estimate of drug-likeness (QED) is 0.0725. The maximum atomic E-state index is 13.5. The second-order valence-electron chi connectivity index (χ2n) is 17.0. The van der Waals surface area contributed by atoms with Gasteiger partial charge < -0.3 is 14.2 Å². The van der Waals surface area contributed by atoms with E-state index in [1.54, 1.807) is 22.7 Å². The number of Topliss-reactive ketones (excluding diaryl/α,β-unsaturated/α-hetero) is 1. The van der Waals surface area contributed by atoms with Crippen LogP contribution in [0.2, 0.25) is 10.0 Å².